The molecule has 1 atom stereocenters. The molecule has 5 nitrogen and oxygen atoms in total. The summed E-state index contributed by atoms with van der Waals surface area (Å²) in [4.78, 5) is 24.2. The first-order chi connectivity index (χ1) is 13.5. The monoisotopic (exact) mass is 482 g/mol. The molecule has 3 aromatic rings. The van der Waals surface area contributed by atoms with Gasteiger partial charge in [-0.05, 0) is 0 Å². The van der Waals surface area contributed by atoms with E-state index in [0.29, 0.717) is 0 Å². The number of rotatable bonds is 7. The molecule has 3 rings (SSSR count). The van der Waals surface area contributed by atoms with Gasteiger partial charge >= 0.3 is 169 Å². The number of amides is 1. The zero-order chi connectivity index (χ0) is 20.0. The van der Waals surface area contributed by atoms with Crippen molar-refractivity contribution in [2.75, 3.05) is 0 Å². The Labute approximate surface area is 168 Å². The van der Waals surface area contributed by atoms with Crippen LogP contribution in [0, 0.1) is 0 Å². The van der Waals surface area contributed by atoms with Crippen LogP contribution in [-0.4, -0.2) is 36.7 Å². The molecule has 3 aromatic carbocycles. The number of primary amides is 1. The fraction of sp³-hybridized carbons (Fsp3) is 0.0909. The van der Waals surface area contributed by atoms with E-state index in [9.17, 15) is 9.59 Å². The fourth-order valence-electron chi connectivity index (χ4n) is 3.22. The van der Waals surface area contributed by atoms with Crippen molar-refractivity contribution in [3.63, 3.8) is 0 Å². The number of carbonyl (C=O) groups is 2. The molecule has 0 spiro atoms. The van der Waals surface area contributed by atoms with E-state index in [1.807, 2.05) is 91.0 Å². The maximum atomic E-state index is 12.9. The summed E-state index contributed by atoms with van der Waals surface area (Å²) < 4.78 is 9.24. The number of hydrogen-bond acceptors (Lipinski definition) is 4. The molecule has 6 heteroatoms. The zero-order valence-corrected chi connectivity index (χ0v) is 18.2. The molecule has 0 aliphatic carbocycles. The molecule has 0 unspecified atom stereocenters. The van der Waals surface area contributed by atoms with E-state index < -0.39 is 36.7 Å². The van der Waals surface area contributed by atoms with Gasteiger partial charge in [0.05, 0.1) is 0 Å². The van der Waals surface area contributed by atoms with E-state index in [2.05, 4.69) is 0 Å². The van der Waals surface area contributed by atoms with Crippen molar-refractivity contribution in [3.8, 4) is 0 Å². The Bertz CT molecular complexity index is 837. The zero-order valence-electron chi connectivity index (χ0n) is 15.3. The van der Waals surface area contributed by atoms with Gasteiger partial charge in [0.15, 0.2) is 0 Å². The molecule has 28 heavy (non-hydrogen) atoms. The summed E-state index contributed by atoms with van der Waals surface area (Å²) in [6.07, 6.45) is -0.251. The van der Waals surface area contributed by atoms with Gasteiger partial charge in [0.1, 0.15) is 0 Å². The standard InChI is InChI=1S/3C6H5.C4H8N2O3.Sn/c3*1-2-4-6-5-3-1;5-2(4(8)9)1-3(6)7;/h3*1-5H;2H,1,5H2,(H2,6,7)(H,8,9);/q;;;;+1/p-1/t;;;2-;/m...0./s1. The van der Waals surface area contributed by atoms with Crippen molar-refractivity contribution < 1.29 is 12.7 Å². The van der Waals surface area contributed by atoms with Crippen molar-refractivity contribution in [1.29, 1.82) is 0 Å². The van der Waals surface area contributed by atoms with Crippen LogP contribution in [0.4, 0.5) is 0 Å². The number of nitrogens with two attached hydrogens (primary N) is 2. The Kier molecular flexibility index (Phi) is 6.49. The third-order valence-corrected chi connectivity index (χ3v) is 15.8. The van der Waals surface area contributed by atoms with Gasteiger partial charge in [0.25, 0.3) is 0 Å². The molecule has 0 bridgehead atoms. The maximum absolute atomic E-state index is 12.9. The molecular formula is C22H22N2O3Sn. The predicted molar refractivity (Wildman–Crippen MR) is 112 cm³/mol. The molecule has 0 aliphatic heterocycles. The summed E-state index contributed by atoms with van der Waals surface area (Å²) in [7, 11) is 0. The molecule has 0 saturated carbocycles. The third kappa shape index (κ3) is 4.26. The molecular weight excluding hydrogens is 459 g/mol. The minimum atomic E-state index is -4.19. The van der Waals surface area contributed by atoms with E-state index in [1.54, 1.807) is 0 Å². The molecule has 0 radical (unpaired) electrons. The van der Waals surface area contributed by atoms with Gasteiger partial charge in [-0.3, -0.25) is 0 Å². The number of benzene rings is 3. The normalized spacial score (nSPS) is 12.2. The molecule has 142 valence electrons. The Morgan fingerprint density at radius 1 is 0.750 bits per heavy atom. The fourth-order valence-corrected chi connectivity index (χ4v) is 14.0. The van der Waals surface area contributed by atoms with Crippen LogP contribution in [0.15, 0.2) is 91.0 Å². The number of hydrogen-bond donors (Lipinski definition) is 2. The van der Waals surface area contributed by atoms with E-state index in [1.165, 1.54) is 0 Å². The Morgan fingerprint density at radius 3 is 1.43 bits per heavy atom. The molecule has 0 heterocycles. The minimum absolute atomic E-state index is 0.251. The average Bonchev–Trinajstić information content (AvgIpc) is 2.73. The SMILES string of the molecule is NC(=O)C[C@H](N)C(=O)[O][Sn]([c]1ccccc1)([c]1ccccc1)[c]1ccccc1. The van der Waals surface area contributed by atoms with Gasteiger partial charge in [-0.2, -0.15) is 0 Å². The van der Waals surface area contributed by atoms with Gasteiger partial charge in [-0.1, -0.05) is 0 Å². The van der Waals surface area contributed by atoms with Crippen molar-refractivity contribution in [2.45, 2.75) is 12.5 Å². The Morgan fingerprint density at radius 2 is 1.11 bits per heavy atom. The summed E-state index contributed by atoms with van der Waals surface area (Å²) in [5, 5.41) is 0. The summed E-state index contributed by atoms with van der Waals surface area (Å²) in [5.41, 5.74) is 11.1. The first kappa shape index (κ1) is 20.1. The summed E-state index contributed by atoms with van der Waals surface area (Å²) in [6.45, 7) is 0. The van der Waals surface area contributed by atoms with E-state index >= 15 is 0 Å². The topological polar surface area (TPSA) is 95.4 Å². The predicted octanol–water partition coefficient (Wildman–Crippen LogP) is 0.399. The van der Waals surface area contributed by atoms with Gasteiger partial charge in [0, 0.05) is 0 Å². The van der Waals surface area contributed by atoms with Crippen LogP contribution in [0.5, 0.6) is 0 Å². The molecule has 0 fully saturated rings. The summed E-state index contributed by atoms with van der Waals surface area (Å²) in [5.74, 6) is -1.24. The number of carbonyl (C=O) groups excluding carboxylic acids is 2. The van der Waals surface area contributed by atoms with Crippen LogP contribution in [0.25, 0.3) is 0 Å². The van der Waals surface area contributed by atoms with E-state index in [-0.39, 0.29) is 6.42 Å². The Balaban J connectivity index is 2.19. The second kappa shape index (κ2) is 9.03. The molecule has 4 N–H and O–H groups in total. The van der Waals surface area contributed by atoms with Crippen LogP contribution >= 0.6 is 0 Å². The second-order valence-corrected chi connectivity index (χ2v) is 15.9. The van der Waals surface area contributed by atoms with Crippen LogP contribution in [0.1, 0.15) is 6.42 Å². The molecule has 0 saturated heterocycles. The van der Waals surface area contributed by atoms with Crippen LogP contribution < -0.4 is 22.2 Å². The average molecular weight is 481 g/mol. The quantitative estimate of drug-likeness (QED) is 0.478. The van der Waals surface area contributed by atoms with Crippen molar-refractivity contribution in [2.24, 2.45) is 11.5 Å². The first-order valence-corrected chi connectivity index (χ1v) is 14.4. The van der Waals surface area contributed by atoms with Gasteiger partial charge < -0.3 is 0 Å². The summed E-state index contributed by atoms with van der Waals surface area (Å²) in [6, 6.07) is 28.2. The summed E-state index contributed by atoms with van der Waals surface area (Å²) >= 11 is -4.19. The second-order valence-electron chi connectivity index (χ2n) is 6.48. The van der Waals surface area contributed by atoms with Crippen molar-refractivity contribution in [3.05, 3.63) is 91.0 Å². The van der Waals surface area contributed by atoms with E-state index in [4.69, 9.17) is 14.5 Å². The van der Waals surface area contributed by atoms with Gasteiger partial charge in [0.2, 0.25) is 0 Å². The molecule has 0 aromatic heterocycles. The Hall–Kier alpha value is -2.64. The molecule has 1 amide bonds. The van der Waals surface area contributed by atoms with Crippen molar-refractivity contribution >= 4 is 41.4 Å². The first-order valence-electron chi connectivity index (χ1n) is 8.97. The third-order valence-electron chi connectivity index (χ3n) is 4.52. The van der Waals surface area contributed by atoms with Gasteiger partial charge in [-0.25, -0.2) is 0 Å². The van der Waals surface area contributed by atoms with E-state index in [0.717, 1.165) is 10.7 Å². The van der Waals surface area contributed by atoms with Crippen LogP contribution in [0.2, 0.25) is 0 Å². The van der Waals surface area contributed by atoms with Crippen LogP contribution in [0.3, 0.4) is 0 Å². The molecule has 0 aliphatic rings. The van der Waals surface area contributed by atoms with Crippen molar-refractivity contribution in [1.82, 2.24) is 0 Å². The van der Waals surface area contributed by atoms with Gasteiger partial charge in [-0.15, -0.1) is 0 Å². The van der Waals surface area contributed by atoms with Crippen LogP contribution in [-0.2, 0) is 12.7 Å².